The van der Waals surface area contributed by atoms with E-state index >= 15 is 0 Å². The van der Waals surface area contributed by atoms with E-state index in [0.717, 1.165) is 63.8 Å². The fraction of sp³-hybridized carbons (Fsp3) is 0.286. The Morgan fingerprint density at radius 1 is 0.525 bits per heavy atom. The van der Waals surface area contributed by atoms with Crippen molar-refractivity contribution in [3.63, 3.8) is 0 Å². The van der Waals surface area contributed by atoms with Gasteiger partial charge in [-0.05, 0) is 81.8 Å². The van der Waals surface area contributed by atoms with Crippen LogP contribution in [0.2, 0.25) is 20.6 Å². The highest BCUT2D eigenvalue weighted by Gasteiger charge is 2.39. The highest BCUT2D eigenvalue weighted by molar-refractivity contribution is 9.10. The Labute approximate surface area is 741 Å². The smallest absolute Gasteiger partial charge is 0.410 e. The van der Waals surface area contributed by atoms with Crippen LogP contribution in [0.25, 0.3) is 16.6 Å². The number of fused-ring (bicyclic) bond motifs is 3. The minimum absolute atomic E-state index is 0. The third kappa shape index (κ3) is 23.5. The monoisotopic (exact) mass is 1840 g/mol. The molecule has 122 heavy (non-hydrogen) atoms. The maximum Gasteiger partial charge on any atom is 0.410 e. The molecule has 8 aromatic heterocycles. The fourth-order valence-electron chi connectivity index (χ4n) is 13.1. The Hall–Kier alpha value is -11.6. The molecule has 5 fully saturated rings. The zero-order valence-corrected chi connectivity index (χ0v) is 72.3. The van der Waals surface area contributed by atoms with Gasteiger partial charge in [-0.2, -0.15) is 0 Å². The van der Waals surface area contributed by atoms with E-state index in [0.29, 0.717) is 143 Å². The summed E-state index contributed by atoms with van der Waals surface area (Å²) >= 11 is 32.4. The molecule has 0 spiro atoms. The number of hydrogen-bond acceptors (Lipinski definition) is 24. The van der Waals surface area contributed by atoms with Crippen molar-refractivity contribution in [1.82, 2.24) is 87.5 Å². The van der Waals surface area contributed by atoms with Crippen LogP contribution in [0.3, 0.4) is 0 Å². The molecule has 0 radical (unpaired) electrons. The highest BCUT2D eigenvalue weighted by atomic mass is 79.9. The predicted molar refractivity (Wildman–Crippen MR) is 464 cm³/mol. The Morgan fingerprint density at radius 2 is 0.975 bits per heavy atom. The number of amides is 4. The average Bonchev–Trinajstić information content (AvgIpc) is 1.44. The lowest BCUT2D eigenvalue weighted by molar-refractivity contribution is -0.130. The number of aryl methyl sites for hydroxylation is 1. The first kappa shape index (κ1) is 91.1. The number of nitrogens with two attached hydrogens (primary N) is 2. The van der Waals surface area contributed by atoms with E-state index in [1.54, 1.807) is 78.4 Å². The van der Waals surface area contributed by atoms with Gasteiger partial charge in [-0.1, -0.05) is 150 Å². The summed E-state index contributed by atoms with van der Waals surface area (Å²) in [6.45, 7) is 10.6. The summed E-state index contributed by atoms with van der Waals surface area (Å²) in [6.07, 6.45) is 19.7. The maximum atomic E-state index is 12.1. The summed E-state index contributed by atoms with van der Waals surface area (Å²) in [5.74, 6) is 11.0. The van der Waals surface area contributed by atoms with Gasteiger partial charge in [0.25, 0.3) is 0 Å². The lowest BCUT2D eigenvalue weighted by Crippen LogP contribution is -2.52. The second kappa shape index (κ2) is 43.7. The number of halogens is 7. The first-order valence-electron chi connectivity index (χ1n) is 37.9. The Bertz CT molecular complexity index is 5690. The Balaban J connectivity index is 0.000000147. The molecule has 38 heteroatoms. The lowest BCUT2D eigenvalue weighted by Gasteiger charge is -2.37. The third-order valence-corrected chi connectivity index (χ3v) is 21.9. The number of rotatable bonds is 18. The van der Waals surface area contributed by atoms with E-state index in [2.05, 4.69) is 84.1 Å². The molecule has 4 amide bonds. The number of likely N-dealkylation sites (tertiary alicyclic amines) is 5. The fourth-order valence-corrected chi connectivity index (χ4v) is 14.7. The van der Waals surface area contributed by atoms with Crippen LogP contribution in [0, 0.1) is 23.7 Å². The Morgan fingerprint density at radius 3 is 1.46 bits per heavy atom. The molecule has 5 aliphatic heterocycles. The van der Waals surface area contributed by atoms with Gasteiger partial charge < -0.3 is 59.7 Å². The molecular weight excluding hydrogens is 1760 g/mol. The van der Waals surface area contributed by atoms with Crippen LogP contribution in [0.5, 0.6) is 11.5 Å². The van der Waals surface area contributed by atoms with Gasteiger partial charge in [0, 0.05) is 158 Å². The van der Waals surface area contributed by atoms with E-state index in [4.69, 9.17) is 98.1 Å². The molecule has 5 saturated heterocycles. The van der Waals surface area contributed by atoms with Crippen molar-refractivity contribution < 1.29 is 52.5 Å². The molecule has 12 aromatic rings. The highest BCUT2D eigenvalue weighted by Crippen LogP contribution is 2.35. The summed E-state index contributed by atoms with van der Waals surface area (Å²) in [6, 6.07) is 34.1. The first-order valence-corrected chi connectivity index (χ1v) is 40.6. The van der Waals surface area contributed by atoms with Crippen molar-refractivity contribution in [2.45, 2.75) is 57.0 Å². The minimum Gasteiger partial charge on any atom is -0.497 e. The molecule has 17 rings (SSSR count). The van der Waals surface area contributed by atoms with Crippen molar-refractivity contribution in [2.24, 2.45) is 17.6 Å². The van der Waals surface area contributed by atoms with Crippen LogP contribution >= 0.6 is 86.3 Å². The number of carbonyl (C=O) groups excluding carboxylic acids is 6. The summed E-state index contributed by atoms with van der Waals surface area (Å²) in [4.78, 5) is 120. The van der Waals surface area contributed by atoms with Crippen LogP contribution < -0.4 is 20.9 Å². The summed E-state index contributed by atoms with van der Waals surface area (Å²) in [5, 5.41) is 1.22. The minimum atomic E-state index is -0.400. The number of nitrogens with zero attached hydrogens (tertiary/aromatic N) is 18. The van der Waals surface area contributed by atoms with Gasteiger partial charge in [-0.25, -0.2) is 54.3 Å². The lowest BCUT2D eigenvalue weighted by atomic mass is 9.93. The summed E-state index contributed by atoms with van der Waals surface area (Å²) in [5.41, 5.74) is 19.1. The number of imidazole rings is 3. The molecule has 4 N–H and O–H groups in total. The number of Topliss-reactive ketones (excluding diaryl/α,β-unsaturated/α-hetero) is 1. The quantitative estimate of drug-likeness (QED) is 0.0349. The molecule has 0 aliphatic carbocycles. The van der Waals surface area contributed by atoms with Crippen LogP contribution in [0.4, 0.5) is 20.2 Å². The number of ketones is 1. The summed E-state index contributed by atoms with van der Waals surface area (Å²) in [7, 11) is 5.20. The van der Waals surface area contributed by atoms with E-state index in [1.807, 2.05) is 142 Å². The molecule has 0 saturated carbocycles. The van der Waals surface area contributed by atoms with Crippen molar-refractivity contribution >= 4 is 144 Å². The van der Waals surface area contributed by atoms with Gasteiger partial charge in [0.05, 0.1) is 55.5 Å². The number of aromatic nitrogens is 13. The largest absolute Gasteiger partial charge is 0.497 e. The van der Waals surface area contributed by atoms with Crippen LogP contribution in [0.1, 0.15) is 81.0 Å². The number of nitrogen functional groups attached to an aromatic ring is 1. The number of hydrogen-bond donors (Lipinski definition) is 2. The molecule has 634 valence electrons. The van der Waals surface area contributed by atoms with Crippen molar-refractivity contribution in [2.75, 3.05) is 92.4 Å². The molecule has 4 aromatic carbocycles. The predicted octanol–water partition coefficient (Wildman–Crippen LogP) is 13.1. The summed E-state index contributed by atoms with van der Waals surface area (Å²) < 4.78 is 32.8. The number of anilines is 1. The zero-order chi connectivity index (χ0) is 85.6. The van der Waals surface area contributed by atoms with Gasteiger partial charge in [0.15, 0.2) is 21.3 Å². The molecular formula is C84H83BrCl6N20O11. The first-order chi connectivity index (χ1) is 58.6. The van der Waals surface area contributed by atoms with Gasteiger partial charge in [0.2, 0.25) is 11.1 Å². The van der Waals surface area contributed by atoms with E-state index in [9.17, 15) is 28.8 Å². The van der Waals surface area contributed by atoms with Crippen LogP contribution in [0.15, 0.2) is 195 Å². The Kier molecular flexibility index (Phi) is 32.7. The van der Waals surface area contributed by atoms with Gasteiger partial charge in [0.1, 0.15) is 86.6 Å². The third-order valence-electron chi connectivity index (χ3n) is 19.8. The van der Waals surface area contributed by atoms with Gasteiger partial charge in [-0.3, -0.25) is 37.6 Å². The number of carbonyl (C=O) groups is 6. The maximum absolute atomic E-state index is 12.1. The van der Waals surface area contributed by atoms with Crippen LogP contribution in [-0.4, -0.2) is 209 Å². The van der Waals surface area contributed by atoms with Gasteiger partial charge in [-0.15, -0.1) is 12.4 Å². The normalized spacial score (nSPS) is 14.2. The SMILES string of the molecule is C=CC(=O)N1CC(c2nc(C#Cc3cc(OC)cc(OC)c3)c3c(N)nccn23)C1.CN1CC(C(=O)CCc2nccnc2Cl)C1.Cl.NCc1nccnc1Cl.O=C(Cl)C1CN(C(=O)OCc2ccccc2)C1.O=C(OCc1ccccc1)N1CC(c2nc(Br)c3c(Cl)nccn23)C1.O=C(OCc1ccccc1)N1CC(c2ncc3c(Cl)nccn23)C1. The molecule has 5 aliphatic rings. The average molecular weight is 1840 g/mol. The molecule has 0 atom stereocenters. The molecule has 0 unspecified atom stereocenters. The second-order valence-electron chi connectivity index (χ2n) is 28.0. The van der Waals surface area contributed by atoms with E-state index in [1.165, 1.54) is 17.2 Å². The molecule has 31 nitrogen and oxygen atoms in total. The van der Waals surface area contributed by atoms with Crippen molar-refractivity contribution in [3.05, 3.63) is 272 Å². The zero-order valence-electron chi connectivity index (χ0n) is 66.1. The standard InChI is InChI=1S/C22H21N5O3.C17H14BrClN4O2.C17H15ClN4O2.C12H12ClNO3.C11H14ClN3O.C5H6ClN3.ClH/c1-4-19(28)26-12-15(13-26)22-25-18(20-21(23)24-7-8-27(20)22)6-5-14-9-16(29-2)11-17(10-14)30-3;18-14-13-15(19)20-6-7-23(13)16(21-14)12-8-22(9-12)17(24)25-10-11-4-2-1-3-5-11;18-15-14-8-20-16(22(14)7-6-19-15)13-9-21(10-13)17(23)24-11-12-4-2-1-3-5-12;13-11(15)10-6-14(7-10)12(16)17-8-9-4-2-1-3-5-9;1-15-6-8(7-15)10(16)3-2-9-11(12)14-5-4-13-9;6-5-4(3-7)8-1-2-9-5;/h4,7-11,15H,1,12-13H2,2-3H3,(H2,23,24);1-7,12H,8-10H2;1-8,13H,9-11H2;1-5,10H,6-8H2;4-5,8H,2-3,6-7H2,1H3;1-2H,3,7H2;1H. The second-order valence-corrected chi connectivity index (χ2v) is 30.6. The van der Waals surface area contributed by atoms with Gasteiger partial charge >= 0.3 is 18.3 Å². The van der Waals surface area contributed by atoms with Crippen LogP contribution in [-0.2, 0) is 61.4 Å². The number of benzene rings is 4. The molecule has 0 bridgehead atoms. The van der Waals surface area contributed by atoms with Crippen molar-refractivity contribution in [1.29, 1.82) is 0 Å². The topological polar surface area (TPSA) is 359 Å². The number of methoxy groups -OCH3 is 2. The molecule has 13 heterocycles. The van der Waals surface area contributed by atoms with E-state index in [-0.39, 0.29) is 79.9 Å². The van der Waals surface area contributed by atoms with Crippen molar-refractivity contribution in [3.8, 4) is 23.3 Å². The van der Waals surface area contributed by atoms with E-state index < -0.39 is 11.3 Å². The number of ether oxygens (including phenoxy) is 5.